The molecule has 1 aromatic rings. The average molecular weight is 355 g/mol. The minimum absolute atomic E-state index is 0.0806. The van der Waals surface area contributed by atoms with Crippen LogP contribution in [-0.4, -0.2) is 42.3 Å². The number of aromatic nitrogens is 1. The van der Waals surface area contributed by atoms with E-state index in [-0.39, 0.29) is 12.0 Å². The second-order valence-electron chi connectivity index (χ2n) is 6.04. The number of halogens is 1. The van der Waals surface area contributed by atoms with Crippen molar-refractivity contribution >= 4 is 17.6 Å². The highest BCUT2D eigenvalue weighted by Gasteiger charge is 2.25. The highest BCUT2D eigenvalue weighted by molar-refractivity contribution is 6.29. The first-order valence-electron chi connectivity index (χ1n) is 8.82. The third-order valence-corrected chi connectivity index (χ3v) is 4.78. The van der Waals surface area contributed by atoms with Gasteiger partial charge in [0.15, 0.2) is 5.96 Å². The molecule has 3 N–H and O–H groups in total. The van der Waals surface area contributed by atoms with Crippen molar-refractivity contribution < 1.29 is 5.11 Å². The van der Waals surface area contributed by atoms with Gasteiger partial charge in [0, 0.05) is 32.4 Å². The highest BCUT2D eigenvalue weighted by Crippen LogP contribution is 2.30. The maximum absolute atomic E-state index is 9.32. The molecule has 1 rings (SSSR count). The Morgan fingerprint density at radius 2 is 2.00 bits per heavy atom. The largest absolute Gasteiger partial charge is 0.396 e. The Balaban J connectivity index is 2.59. The molecule has 1 aromatic heterocycles. The van der Waals surface area contributed by atoms with Gasteiger partial charge in [0.2, 0.25) is 0 Å². The van der Waals surface area contributed by atoms with E-state index in [1.165, 1.54) is 0 Å². The quantitative estimate of drug-likeness (QED) is 0.343. The van der Waals surface area contributed by atoms with Crippen molar-refractivity contribution in [3.05, 3.63) is 29.0 Å². The van der Waals surface area contributed by atoms with Gasteiger partial charge in [-0.25, -0.2) is 4.98 Å². The van der Waals surface area contributed by atoms with E-state index in [1.54, 1.807) is 6.20 Å². The maximum Gasteiger partial charge on any atom is 0.191 e. The van der Waals surface area contributed by atoms with E-state index in [2.05, 4.69) is 36.4 Å². The lowest BCUT2D eigenvalue weighted by Crippen LogP contribution is -2.39. The van der Waals surface area contributed by atoms with E-state index >= 15 is 0 Å². The molecular weight excluding hydrogens is 324 g/mol. The van der Waals surface area contributed by atoms with Gasteiger partial charge in [-0.3, -0.25) is 4.99 Å². The molecule has 1 heterocycles. The molecule has 0 bridgehead atoms. The summed E-state index contributed by atoms with van der Waals surface area (Å²) in [5, 5.41) is 16.5. The van der Waals surface area contributed by atoms with E-state index in [1.807, 2.05) is 12.1 Å². The van der Waals surface area contributed by atoms with Crippen LogP contribution in [0.15, 0.2) is 23.3 Å². The molecule has 0 aliphatic rings. The van der Waals surface area contributed by atoms with Gasteiger partial charge in [-0.2, -0.15) is 0 Å². The molecule has 0 radical (unpaired) electrons. The fourth-order valence-corrected chi connectivity index (χ4v) is 2.72. The Bertz CT molecular complexity index is 486. The summed E-state index contributed by atoms with van der Waals surface area (Å²) < 4.78 is 0. The molecule has 6 heteroatoms. The number of hydrogen-bond acceptors (Lipinski definition) is 3. The zero-order valence-corrected chi connectivity index (χ0v) is 15.9. The van der Waals surface area contributed by atoms with Gasteiger partial charge < -0.3 is 15.7 Å². The molecule has 24 heavy (non-hydrogen) atoms. The summed E-state index contributed by atoms with van der Waals surface area (Å²) in [4.78, 5) is 8.83. The van der Waals surface area contributed by atoms with Crippen LogP contribution in [0, 0.1) is 5.41 Å². The van der Waals surface area contributed by atoms with Crippen LogP contribution in [0.5, 0.6) is 0 Å². The van der Waals surface area contributed by atoms with Crippen LogP contribution in [0.1, 0.15) is 45.6 Å². The minimum Gasteiger partial charge on any atom is -0.396 e. The van der Waals surface area contributed by atoms with E-state index < -0.39 is 0 Å². The Labute approximate surface area is 150 Å². The fraction of sp³-hybridized carbons (Fsp3) is 0.667. The molecule has 5 nitrogen and oxygen atoms in total. The number of aliphatic imine (C=N–C) groups is 1. The molecular formula is C18H31ClN4O. The molecule has 0 aromatic carbocycles. The summed E-state index contributed by atoms with van der Waals surface area (Å²) in [5.41, 5.74) is 1.22. The third kappa shape index (κ3) is 7.05. The van der Waals surface area contributed by atoms with Crippen LogP contribution in [0.4, 0.5) is 0 Å². The molecule has 136 valence electrons. The van der Waals surface area contributed by atoms with Crippen molar-refractivity contribution in [3.63, 3.8) is 0 Å². The zero-order chi connectivity index (χ0) is 17.8. The number of nitrogens with one attached hydrogen (secondary N) is 2. The van der Waals surface area contributed by atoms with Crippen molar-refractivity contribution in [1.29, 1.82) is 0 Å². The normalized spacial score (nSPS) is 12.3. The monoisotopic (exact) mass is 354 g/mol. The summed E-state index contributed by atoms with van der Waals surface area (Å²) in [6, 6.07) is 3.80. The molecule has 0 unspecified atom stereocenters. The van der Waals surface area contributed by atoms with Gasteiger partial charge >= 0.3 is 0 Å². The number of aliphatic hydroxyl groups is 1. The van der Waals surface area contributed by atoms with E-state index in [0.29, 0.717) is 5.15 Å². The van der Waals surface area contributed by atoms with Crippen LogP contribution < -0.4 is 10.6 Å². The Kier molecular flexibility index (Phi) is 9.72. The van der Waals surface area contributed by atoms with Crippen LogP contribution >= 0.6 is 11.6 Å². The number of pyridine rings is 1. The van der Waals surface area contributed by atoms with Crippen LogP contribution in [0.25, 0.3) is 0 Å². The Morgan fingerprint density at radius 1 is 1.25 bits per heavy atom. The summed E-state index contributed by atoms with van der Waals surface area (Å²) >= 11 is 5.80. The van der Waals surface area contributed by atoms with Gasteiger partial charge in [0.05, 0.1) is 0 Å². The first kappa shape index (κ1) is 20.7. The van der Waals surface area contributed by atoms with Crippen molar-refractivity contribution in [2.75, 3.05) is 26.2 Å². The summed E-state index contributed by atoms with van der Waals surface area (Å²) in [6.07, 6.45) is 5.48. The molecule has 0 saturated carbocycles. The second-order valence-corrected chi connectivity index (χ2v) is 6.43. The SMILES string of the molecule is CCNC(=NCC(CC)(CC)CCO)NCCc1ccc(Cl)nc1. The zero-order valence-electron chi connectivity index (χ0n) is 15.1. The van der Waals surface area contributed by atoms with Gasteiger partial charge in [0.25, 0.3) is 0 Å². The summed E-state index contributed by atoms with van der Waals surface area (Å²) in [6.45, 7) is 8.93. The second kappa shape index (κ2) is 11.3. The van der Waals surface area contributed by atoms with Crippen LogP contribution in [0.2, 0.25) is 5.15 Å². The van der Waals surface area contributed by atoms with Crippen LogP contribution in [-0.2, 0) is 6.42 Å². The lowest BCUT2D eigenvalue weighted by molar-refractivity contribution is 0.175. The van der Waals surface area contributed by atoms with Crippen molar-refractivity contribution in [3.8, 4) is 0 Å². The predicted molar refractivity (Wildman–Crippen MR) is 102 cm³/mol. The van der Waals surface area contributed by atoms with Crippen molar-refractivity contribution in [1.82, 2.24) is 15.6 Å². The molecule has 0 fully saturated rings. The highest BCUT2D eigenvalue weighted by atomic mass is 35.5. The minimum atomic E-state index is 0.0806. The average Bonchev–Trinajstić information content (AvgIpc) is 2.60. The van der Waals surface area contributed by atoms with E-state index in [9.17, 15) is 5.11 Å². The lowest BCUT2D eigenvalue weighted by atomic mass is 9.79. The third-order valence-electron chi connectivity index (χ3n) is 4.55. The fourth-order valence-electron chi connectivity index (χ4n) is 2.61. The number of hydrogen-bond donors (Lipinski definition) is 3. The Morgan fingerprint density at radius 3 is 2.54 bits per heavy atom. The van der Waals surface area contributed by atoms with Gasteiger partial charge in [0.1, 0.15) is 5.15 Å². The van der Waals surface area contributed by atoms with Crippen LogP contribution in [0.3, 0.4) is 0 Å². The summed E-state index contributed by atoms with van der Waals surface area (Å²) in [5.74, 6) is 0.823. The van der Waals surface area contributed by atoms with Gasteiger partial charge in [-0.05, 0) is 49.7 Å². The van der Waals surface area contributed by atoms with Crippen molar-refractivity contribution in [2.45, 2.75) is 46.5 Å². The molecule has 0 saturated heterocycles. The molecule has 0 spiro atoms. The van der Waals surface area contributed by atoms with Gasteiger partial charge in [-0.15, -0.1) is 0 Å². The number of rotatable bonds is 10. The first-order valence-corrected chi connectivity index (χ1v) is 9.20. The molecule has 0 aliphatic heterocycles. The molecule has 0 amide bonds. The number of nitrogens with zero attached hydrogens (tertiary/aromatic N) is 2. The number of guanidine groups is 1. The molecule has 0 aliphatic carbocycles. The van der Waals surface area contributed by atoms with Gasteiger partial charge in [-0.1, -0.05) is 31.5 Å². The molecule has 0 atom stereocenters. The maximum atomic E-state index is 9.32. The first-order chi connectivity index (χ1) is 11.6. The van der Waals surface area contributed by atoms with Crippen molar-refractivity contribution in [2.24, 2.45) is 10.4 Å². The topological polar surface area (TPSA) is 69.5 Å². The van der Waals surface area contributed by atoms with E-state index in [0.717, 1.165) is 56.8 Å². The predicted octanol–water partition coefficient (Wildman–Crippen LogP) is 3.02. The van der Waals surface area contributed by atoms with E-state index in [4.69, 9.17) is 16.6 Å². The summed E-state index contributed by atoms with van der Waals surface area (Å²) in [7, 11) is 0. The number of aliphatic hydroxyl groups excluding tert-OH is 1. The lowest BCUT2D eigenvalue weighted by Gasteiger charge is -2.29. The smallest absolute Gasteiger partial charge is 0.191 e. The standard InChI is InChI=1S/C18H31ClN4O/c1-4-18(5-2,10-12-24)14-23-17(20-6-3)21-11-9-15-7-8-16(19)22-13-15/h7-8,13,24H,4-6,9-12,14H2,1-3H3,(H2,20,21,23). The Hall–Kier alpha value is -1.33.